The number of rotatable bonds is 5. The average molecular weight is 297 g/mol. The van der Waals surface area contributed by atoms with Gasteiger partial charge in [-0.25, -0.2) is 8.42 Å². The second kappa shape index (κ2) is 6.59. The predicted molar refractivity (Wildman–Crippen MR) is 79.6 cm³/mol. The van der Waals surface area contributed by atoms with E-state index in [1.54, 1.807) is 24.3 Å². The van der Waals surface area contributed by atoms with E-state index >= 15 is 0 Å². The van der Waals surface area contributed by atoms with Crippen LogP contribution in [0.4, 0.5) is 0 Å². The second-order valence-corrected chi connectivity index (χ2v) is 7.56. The number of sulfone groups is 1. The van der Waals surface area contributed by atoms with Crippen molar-refractivity contribution >= 4 is 9.84 Å². The summed E-state index contributed by atoms with van der Waals surface area (Å²) in [6, 6.07) is 6.32. The highest BCUT2D eigenvalue weighted by molar-refractivity contribution is 7.91. The minimum absolute atomic E-state index is 0.0187. The summed E-state index contributed by atoms with van der Waals surface area (Å²) in [5, 5.41) is 0. The third kappa shape index (κ3) is 3.73. The van der Waals surface area contributed by atoms with Gasteiger partial charge in [0.05, 0.1) is 17.8 Å². The summed E-state index contributed by atoms with van der Waals surface area (Å²) in [4.78, 5) is 0.295. The molecule has 0 aromatic heterocycles. The van der Waals surface area contributed by atoms with Gasteiger partial charge >= 0.3 is 0 Å². The normalized spacial score (nSPS) is 18.7. The Morgan fingerprint density at radius 3 is 2.65 bits per heavy atom. The molecule has 4 nitrogen and oxygen atoms in total. The van der Waals surface area contributed by atoms with E-state index in [0.717, 1.165) is 25.7 Å². The quantitative estimate of drug-likeness (QED) is 0.906. The molecule has 5 heteroatoms. The largest absolute Gasteiger partial charge is 0.497 e. The zero-order chi connectivity index (χ0) is 14.6. The topological polar surface area (TPSA) is 69.4 Å². The smallest absolute Gasteiger partial charge is 0.180 e. The summed E-state index contributed by atoms with van der Waals surface area (Å²) in [7, 11) is -1.82. The second-order valence-electron chi connectivity index (χ2n) is 5.52. The molecule has 1 saturated carbocycles. The maximum Gasteiger partial charge on any atom is 0.180 e. The SMILES string of the molecule is COc1cccc(S(=O)(=O)CC(N)C2CCCCC2)c1. The molecule has 0 aliphatic heterocycles. The fourth-order valence-electron chi connectivity index (χ4n) is 2.84. The number of nitrogens with two attached hydrogens (primary N) is 1. The summed E-state index contributed by atoms with van der Waals surface area (Å²) in [5.74, 6) is 0.909. The molecule has 1 aromatic carbocycles. The maximum absolute atomic E-state index is 12.4. The third-order valence-corrected chi connectivity index (χ3v) is 5.86. The first kappa shape index (κ1) is 15.3. The molecule has 0 saturated heterocycles. The molecule has 0 amide bonds. The van der Waals surface area contributed by atoms with Crippen molar-refractivity contribution in [1.29, 1.82) is 0 Å². The van der Waals surface area contributed by atoms with Crippen LogP contribution in [-0.2, 0) is 9.84 Å². The zero-order valence-electron chi connectivity index (χ0n) is 11.9. The molecule has 1 unspecified atom stereocenters. The Morgan fingerprint density at radius 2 is 2.00 bits per heavy atom. The van der Waals surface area contributed by atoms with Crippen molar-refractivity contribution in [3.05, 3.63) is 24.3 Å². The fraction of sp³-hybridized carbons (Fsp3) is 0.600. The van der Waals surface area contributed by atoms with Crippen LogP contribution in [0.15, 0.2) is 29.2 Å². The van der Waals surface area contributed by atoms with Gasteiger partial charge in [-0.05, 0) is 37.0 Å². The third-order valence-electron chi connectivity index (χ3n) is 4.07. The van der Waals surface area contributed by atoms with Gasteiger partial charge in [-0.3, -0.25) is 0 Å². The van der Waals surface area contributed by atoms with Gasteiger partial charge in [0.1, 0.15) is 5.75 Å². The minimum Gasteiger partial charge on any atom is -0.497 e. The highest BCUT2D eigenvalue weighted by atomic mass is 32.2. The number of hydrogen-bond donors (Lipinski definition) is 1. The summed E-state index contributed by atoms with van der Waals surface area (Å²) < 4.78 is 29.9. The molecule has 1 aliphatic rings. The zero-order valence-corrected chi connectivity index (χ0v) is 12.7. The van der Waals surface area contributed by atoms with Gasteiger partial charge in [0, 0.05) is 6.04 Å². The first-order valence-corrected chi connectivity index (χ1v) is 8.80. The average Bonchev–Trinajstić information content (AvgIpc) is 2.48. The molecule has 1 aromatic rings. The van der Waals surface area contributed by atoms with Crippen LogP contribution < -0.4 is 10.5 Å². The van der Waals surface area contributed by atoms with E-state index in [-0.39, 0.29) is 11.8 Å². The van der Waals surface area contributed by atoms with Crippen molar-refractivity contribution in [3.63, 3.8) is 0 Å². The summed E-state index contributed by atoms with van der Waals surface area (Å²) in [5.41, 5.74) is 6.13. The molecular formula is C15H23NO3S. The molecule has 2 rings (SSSR count). The van der Waals surface area contributed by atoms with Gasteiger partial charge in [0.15, 0.2) is 9.84 Å². The van der Waals surface area contributed by atoms with E-state index in [4.69, 9.17) is 10.5 Å². The van der Waals surface area contributed by atoms with Gasteiger partial charge in [0.2, 0.25) is 0 Å². The Balaban J connectivity index is 2.09. The van der Waals surface area contributed by atoms with E-state index in [1.807, 2.05) is 0 Å². The number of methoxy groups -OCH3 is 1. The molecular weight excluding hydrogens is 274 g/mol. The van der Waals surface area contributed by atoms with Crippen molar-refractivity contribution in [1.82, 2.24) is 0 Å². The fourth-order valence-corrected chi connectivity index (χ4v) is 4.40. The lowest BCUT2D eigenvalue weighted by Crippen LogP contribution is -2.38. The number of benzene rings is 1. The van der Waals surface area contributed by atoms with Crippen molar-refractivity contribution in [2.45, 2.75) is 43.0 Å². The Bertz CT molecular complexity index is 536. The number of ether oxygens (including phenoxy) is 1. The van der Waals surface area contributed by atoms with E-state index in [2.05, 4.69) is 0 Å². The highest BCUT2D eigenvalue weighted by Crippen LogP contribution is 2.27. The standard InChI is InChI=1S/C15H23NO3S/c1-19-13-8-5-9-14(10-13)20(17,18)11-15(16)12-6-3-2-4-7-12/h5,8-10,12,15H,2-4,6-7,11,16H2,1H3. The van der Waals surface area contributed by atoms with Gasteiger partial charge in [-0.15, -0.1) is 0 Å². The van der Waals surface area contributed by atoms with Gasteiger partial charge in [-0.1, -0.05) is 25.3 Å². The van der Waals surface area contributed by atoms with Crippen LogP contribution in [-0.4, -0.2) is 27.3 Å². The molecule has 1 aliphatic carbocycles. The Morgan fingerprint density at radius 1 is 1.30 bits per heavy atom. The first-order chi connectivity index (χ1) is 9.53. The first-order valence-electron chi connectivity index (χ1n) is 7.15. The van der Waals surface area contributed by atoms with Crippen molar-refractivity contribution < 1.29 is 13.2 Å². The van der Waals surface area contributed by atoms with Gasteiger partial charge in [-0.2, -0.15) is 0 Å². The molecule has 0 spiro atoms. The van der Waals surface area contributed by atoms with E-state index in [0.29, 0.717) is 16.6 Å². The molecule has 112 valence electrons. The molecule has 0 bridgehead atoms. The van der Waals surface area contributed by atoms with E-state index in [1.165, 1.54) is 13.5 Å². The van der Waals surface area contributed by atoms with E-state index < -0.39 is 9.84 Å². The van der Waals surface area contributed by atoms with E-state index in [9.17, 15) is 8.42 Å². The lowest BCUT2D eigenvalue weighted by Gasteiger charge is -2.27. The minimum atomic E-state index is -3.35. The van der Waals surface area contributed by atoms with Gasteiger partial charge in [0.25, 0.3) is 0 Å². The van der Waals surface area contributed by atoms with Crippen LogP contribution in [0.1, 0.15) is 32.1 Å². The van der Waals surface area contributed by atoms with Crippen molar-refractivity contribution in [2.75, 3.05) is 12.9 Å². The molecule has 20 heavy (non-hydrogen) atoms. The van der Waals surface area contributed by atoms with Crippen molar-refractivity contribution in [2.24, 2.45) is 11.7 Å². The Hall–Kier alpha value is -1.07. The van der Waals surface area contributed by atoms with Crippen LogP contribution in [0.25, 0.3) is 0 Å². The molecule has 2 N–H and O–H groups in total. The lowest BCUT2D eigenvalue weighted by molar-refractivity contribution is 0.317. The maximum atomic E-state index is 12.4. The molecule has 1 atom stereocenters. The van der Waals surface area contributed by atoms with Crippen LogP contribution >= 0.6 is 0 Å². The number of hydrogen-bond acceptors (Lipinski definition) is 4. The molecule has 0 heterocycles. The Labute approximate surface area is 121 Å². The van der Waals surface area contributed by atoms with Crippen LogP contribution in [0.2, 0.25) is 0 Å². The summed E-state index contributed by atoms with van der Waals surface area (Å²) in [6.45, 7) is 0. The Kier molecular flexibility index (Phi) is 5.05. The monoisotopic (exact) mass is 297 g/mol. The lowest BCUT2D eigenvalue weighted by atomic mass is 9.85. The molecule has 1 fully saturated rings. The van der Waals surface area contributed by atoms with Gasteiger partial charge < -0.3 is 10.5 Å². The predicted octanol–water partition coefficient (Wildman–Crippen LogP) is 2.38. The summed E-state index contributed by atoms with van der Waals surface area (Å²) in [6.07, 6.45) is 5.67. The molecule has 0 radical (unpaired) electrons. The summed E-state index contributed by atoms with van der Waals surface area (Å²) >= 11 is 0. The van der Waals surface area contributed by atoms with Crippen LogP contribution in [0.3, 0.4) is 0 Å². The van der Waals surface area contributed by atoms with Crippen LogP contribution in [0, 0.1) is 5.92 Å². The highest BCUT2D eigenvalue weighted by Gasteiger charge is 2.26. The van der Waals surface area contributed by atoms with Crippen molar-refractivity contribution in [3.8, 4) is 5.75 Å². The van der Waals surface area contributed by atoms with Crippen LogP contribution in [0.5, 0.6) is 5.75 Å².